The van der Waals surface area contributed by atoms with Crippen LogP contribution >= 0.6 is 0 Å². The van der Waals surface area contributed by atoms with Crippen molar-refractivity contribution in [3.63, 3.8) is 0 Å². The number of aromatic nitrogens is 5. The Bertz CT molecular complexity index is 1710. The molecular formula is C25H24FN7O3. The second-order valence-corrected chi connectivity index (χ2v) is 8.81. The van der Waals surface area contributed by atoms with Crippen LogP contribution in [0.2, 0.25) is 0 Å². The van der Waals surface area contributed by atoms with E-state index in [0.29, 0.717) is 43.4 Å². The quantitative estimate of drug-likeness (QED) is 0.415. The fourth-order valence-electron chi connectivity index (χ4n) is 4.87. The number of anilines is 1. The number of hydrogen-bond donors (Lipinski definition) is 1. The number of rotatable bonds is 4. The Balaban J connectivity index is 1.62. The van der Waals surface area contributed by atoms with E-state index in [2.05, 4.69) is 15.3 Å². The van der Waals surface area contributed by atoms with Crippen LogP contribution in [0.3, 0.4) is 0 Å². The highest BCUT2D eigenvalue weighted by Crippen LogP contribution is 2.28. The van der Waals surface area contributed by atoms with Gasteiger partial charge in [-0.25, -0.2) is 14.4 Å². The number of pyridine rings is 2. The predicted molar refractivity (Wildman–Crippen MR) is 133 cm³/mol. The lowest BCUT2D eigenvalue weighted by atomic mass is 10.1. The van der Waals surface area contributed by atoms with E-state index >= 15 is 4.39 Å². The SMILES string of the molecule is Cn1ccnc1CNC(=O)c1c(=O)c2cc(F)c(N3CCOCC3)nc2n2c3ccccc3n(C)c12. The van der Waals surface area contributed by atoms with E-state index in [4.69, 9.17) is 4.74 Å². The summed E-state index contributed by atoms with van der Waals surface area (Å²) in [5.74, 6) is -0.369. The van der Waals surface area contributed by atoms with Crippen molar-refractivity contribution < 1.29 is 13.9 Å². The molecule has 4 aromatic heterocycles. The fraction of sp³-hybridized carbons (Fsp3) is 0.280. The first-order valence-corrected chi connectivity index (χ1v) is 11.6. The number of imidazole rings is 2. The summed E-state index contributed by atoms with van der Waals surface area (Å²) >= 11 is 0. The van der Waals surface area contributed by atoms with Crippen LogP contribution in [-0.4, -0.2) is 55.7 Å². The number of nitrogens with one attached hydrogen (secondary N) is 1. The maximum absolute atomic E-state index is 15.3. The molecule has 11 heteroatoms. The minimum absolute atomic E-state index is 0.0421. The summed E-state index contributed by atoms with van der Waals surface area (Å²) in [6, 6.07) is 8.75. The number of para-hydroxylation sites is 2. The maximum atomic E-state index is 15.3. The van der Waals surface area contributed by atoms with Crippen molar-refractivity contribution in [2.45, 2.75) is 6.54 Å². The first-order chi connectivity index (χ1) is 17.5. The van der Waals surface area contributed by atoms with E-state index in [-0.39, 0.29) is 23.3 Å². The number of halogens is 1. The summed E-state index contributed by atoms with van der Waals surface area (Å²) in [7, 11) is 3.62. The molecule has 1 aromatic carbocycles. The molecule has 36 heavy (non-hydrogen) atoms. The molecule has 184 valence electrons. The number of hydrogen-bond acceptors (Lipinski definition) is 6. The van der Waals surface area contributed by atoms with Gasteiger partial charge < -0.3 is 24.1 Å². The molecule has 1 fully saturated rings. The molecule has 1 aliphatic rings. The highest BCUT2D eigenvalue weighted by molar-refractivity contribution is 6.05. The first kappa shape index (κ1) is 22.2. The van der Waals surface area contributed by atoms with E-state index in [1.165, 1.54) is 6.07 Å². The highest BCUT2D eigenvalue weighted by Gasteiger charge is 2.26. The molecule has 10 nitrogen and oxygen atoms in total. The van der Waals surface area contributed by atoms with Crippen LogP contribution in [0.4, 0.5) is 10.2 Å². The number of morpholine rings is 1. The van der Waals surface area contributed by atoms with Crippen molar-refractivity contribution in [3.8, 4) is 0 Å². The lowest BCUT2D eigenvalue weighted by Gasteiger charge is -2.28. The molecule has 6 rings (SSSR count). The number of fused-ring (bicyclic) bond motifs is 5. The van der Waals surface area contributed by atoms with Gasteiger partial charge in [0.25, 0.3) is 5.91 Å². The van der Waals surface area contributed by atoms with Gasteiger partial charge in [-0.3, -0.25) is 14.0 Å². The standard InChI is InChI=1S/C25H24FN7O3/c1-30-8-7-27-19(30)14-28-24(35)20-21(34)15-13-16(26)23(32-9-11-36-12-10-32)29-22(15)33-18-6-4-3-5-17(18)31(2)25(20)33/h3-8,13H,9-12,14H2,1-2H3,(H,28,35). The Morgan fingerprint density at radius 3 is 2.64 bits per heavy atom. The zero-order valence-corrected chi connectivity index (χ0v) is 19.9. The summed E-state index contributed by atoms with van der Waals surface area (Å²) in [4.78, 5) is 37.9. The number of nitrogens with zero attached hydrogens (tertiary/aromatic N) is 6. The van der Waals surface area contributed by atoms with Gasteiger partial charge in [0.2, 0.25) is 5.43 Å². The van der Waals surface area contributed by atoms with Gasteiger partial charge in [-0.15, -0.1) is 0 Å². The number of carbonyl (C=O) groups is 1. The minimum atomic E-state index is -0.610. The summed E-state index contributed by atoms with van der Waals surface area (Å²) in [6.07, 6.45) is 3.41. The summed E-state index contributed by atoms with van der Waals surface area (Å²) in [5, 5.41) is 2.85. The smallest absolute Gasteiger partial charge is 0.259 e. The van der Waals surface area contributed by atoms with Crippen LogP contribution in [0.1, 0.15) is 16.2 Å². The van der Waals surface area contributed by atoms with E-state index in [9.17, 15) is 9.59 Å². The number of ether oxygens (including phenoxy) is 1. The van der Waals surface area contributed by atoms with Gasteiger partial charge in [0.1, 0.15) is 17.0 Å². The van der Waals surface area contributed by atoms with Gasteiger partial charge >= 0.3 is 0 Å². The first-order valence-electron chi connectivity index (χ1n) is 11.6. The molecular weight excluding hydrogens is 465 g/mol. The van der Waals surface area contributed by atoms with Gasteiger partial charge in [-0.1, -0.05) is 12.1 Å². The highest BCUT2D eigenvalue weighted by atomic mass is 19.1. The van der Waals surface area contributed by atoms with E-state index < -0.39 is 17.2 Å². The van der Waals surface area contributed by atoms with Crippen LogP contribution in [0.15, 0.2) is 47.5 Å². The largest absolute Gasteiger partial charge is 0.378 e. The second kappa shape index (κ2) is 8.45. The number of amides is 1. The Labute approximate surface area is 204 Å². The third-order valence-electron chi connectivity index (χ3n) is 6.72. The molecule has 0 aliphatic carbocycles. The van der Waals surface area contributed by atoms with E-state index in [0.717, 1.165) is 11.0 Å². The normalized spacial score (nSPS) is 14.2. The average molecular weight is 490 g/mol. The van der Waals surface area contributed by atoms with Crippen molar-refractivity contribution in [2.75, 3.05) is 31.2 Å². The Morgan fingerprint density at radius 1 is 1.17 bits per heavy atom. The number of carbonyl (C=O) groups excluding carboxylic acids is 1. The monoisotopic (exact) mass is 489 g/mol. The Morgan fingerprint density at radius 2 is 1.92 bits per heavy atom. The molecule has 0 unspecified atom stereocenters. The van der Waals surface area contributed by atoms with Gasteiger partial charge in [0, 0.05) is 39.6 Å². The molecule has 1 N–H and O–H groups in total. The van der Waals surface area contributed by atoms with Crippen molar-refractivity contribution >= 4 is 39.4 Å². The third-order valence-corrected chi connectivity index (χ3v) is 6.72. The van der Waals surface area contributed by atoms with E-state index in [1.54, 1.807) is 33.0 Å². The fourth-order valence-corrected chi connectivity index (χ4v) is 4.87. The zero-order valence-electron chi connectivity index (χ0n) is 19.9. The molecule has 0 spiro atoms. The maximum Gasteiger partial charge on any atom is 0.259 e. The van der Waals surface area contributed by atoms with Crippen LogP contribution in [0.25, 0.3) is 27.7 Å². The van der Waals surface area contributed by atoms with Gasteiger partial charge in [-0.2, -0.15) is 0 Å². The predicted octanol–water partition coefficient (Wildman–Crippen LogP) is 1.98. The second-order valence-electron chi connectivity index (χ2n) is 8.81. The molecule has 0 radical (unpaired) electrons. The van der Waals surface area contributed by atoms with Crippen molar-refractivity contribution in [3.05, 3.63) is 70.2 Å². The van der Waals surface area contributed by atoms with Crippen LogP contribution in [0.5, 0.6) is 0 Å². The van der Waals surface area contributed by atoms with Gasteiger partial charge in [0.15, 0.2) is 17.3 Å². The number of benzene rings is 1. The Hall–Kier alpha value is -4.25. The Kier molecular flexibility index (Phi) is 5.22. The molecule has 1 amide bonds. The summed E-state index contributed by atoms with van der Waals surface area (Å²) < 4.78 is 26.1. The lowest BCUT2D eigenvalue weighted by Crippen LogP contribution is -2.37. The lowest BCUT2D eigenvalue weighted by molar-refractivity contribution is 0.0949. The molecule has 1 saturated heterocycles. The topological polar surface area (TPSA) is 98.7 Å². The third kappa shape index (κ3) is 3.34. The molecule has 0 saturated carbocycles. The number of aryl methyl sites for hydroxylation is 2. The summed E-state index contributed by atoms with van der Waals surface area (Å²) in [6.45, 7) is 2.07. The molecule has 0 bridgehead atoms. The molecule has 1 aliphatic heterocycles. The van der Waals surface area contributed by atoms with Gasteiger partial charge in [0.05, 0.1) is 36.2 Å². The average Bonchev–Trinajstić information content (AvgIpc) is 3.44. The molecule has 5 aromatic rings. The van der Waals surface area contributed by atoms with E-state index in [1.807, 2.05) is 36.2 Å². The van der Waals surface area contributed by atoms with Crippen LogP contribution in [-0.2, 0) is 25.4 Å². The summed E-state index contributed by atoms with van der Waals surface area (Å²) in [5.41, 5.74) is 1.60. The van der Waals surface area contributed by atoms with Gasteiger partial charge in [-0.05, 0) is 18.2 Å². The van der Waals surface area contributed by atoms with Crippen molar-refractivity contribution in [1.82, 2.24) is 28.8 Å². The van der Waals surface area contributed by atoms with Crippen molar-refractivity contribution in [2.24, 2.45) is 14.1 Å². The van der Waals surface area contributed by atoms with Crippen LogP contribution < -0.4 is 15.6 Å². The zero-order chi connectivity index (χ0) is 25.0. The van der Waals surface area contributed by atoms with Crippen LogP contribution in [0, 0.1) is 5.82 Å². The molecule has 0 atom stereocenters. The van der Waals surface area contributed by atoms with Crippen molar-refractivity contribution in [1.29, 1.82) is 0 Å². The minimum Gasteiger partial charge on any atom is -0.378 e. The molecule has 5 heterocycles.